The van der Waals surface area contributed by atoms with Crippen LogP contribution in [0.15, 0.2) is 10.7 Å². The van der Waals surface area contributed by atoms with E-state index in [9.17, 15) is 0 Å². The van der Waals surface area contributed by atoms with E-state index >= 15 is 0 Å². The Balaban J connectivity index is 2.83. The number of oxazole rings is 1. The van der Waals surface area contributed by atoms with Crippen molar-refractivity contribution in [1.82, 2.24) is 4.98 Å². The summed E-state index contributed by atoms with van der Waals surface area (Å²) in [6.45, 7) is 13.9. The molecular weight excluding hydrogens is 258 g/mol. The van der Waals surface area contributed by atoms with Gasteiger partial charge in [-0.2, -0.15) is 0 Å². The number of aromatic nitrogens is 1. The van der Waals surface area contributed by atoms with E-state index in [1.807, 2.05) is 0 Å². The molecule has 0 bridgehead atoms. The fraction of sp³-hybridized carbons (Fsp3) is 0.786. The van der Waals surface area contributed by atoms with Gasteiger partial charge in [-0.25, -0.2) is 4.98 Å². The molecule has 0 aliphatic carbocycles. The summed E-state index contributed by atoms with van der Waals surface area (Å²) in [6.07, 6.45) is 1.58. The molecule has 19 heavy (non-hydrogen) atoms. The molecule has 1 N–H and O–H groups in total. The van der Waals surface area contributed by atoms with Gasteiger partial charge in [-0.15, -0.1) is 0 Å². The van der Waals surface area contributed by atoms with Gasteiger partial charge in [0.1, 0.15) is 18.6 Å². The second-order valence-electron chi connectivity index (χ2n) is 6.00. The summed E-state index contributed by atoms with van der Waals surface area (Å²) >= 11 is 0. The van der Waals surface area contributed by atoms with Crippen LogP contribution < -0.4 is 0 Å². The molecule has 0 saturated carbocycles. The van der Waals surface area contributed by atoms with Gasteiger partial charge in [-0.1, -0.05) is 41.5 Å². The van der Waals surface area contributed by atoms with Crippen molar-refractivity contribution < 1.29 is 13.9 Å². The van der Waals surface area contributed by atoms with Crippen molar-refractivity contribution in [2.75, 3.05) is 0 Å². The van der Waals surface area contributed by atoms with Crippen LogP contribution in [0, 0.1) is 0 Å². The average molecular weight is 285 g/mol. The van der Waals surface area contributed by atoms with E-state index in [1.54, 1.807) is 6.26 Å². The molecule has 1 aromatic rings. The predicted molar refractivity (Wildman–Crippen MR) is 78.3 cm³/mol. The second-order valence-corrected chi connectivity index (χ2v) is 11.5. The lowest BCUT2D eigenvalue weighted by atomic mass is 10.5. The van der Waals surface area contributed by atoms with Gasteiger partial charge in [0.15, 0.2) is 0 Å². The summed E-state index contributed by atoms with van der Waals surface area (Å²) < 4.78 is 11.5. The van der Waals surface area contributed by atoms with Gasteiger partial charge in [-0.05, 0) is 16.6 Å². The van der Waals surface area contributed by atoms with Crippen LogP contribution in [0.2, 0.25) is 16.6 Å². The van der Waals surface area contributed by atoms with Crippen LogP contribution in [0.4, 0.5) is 0 Å². The number of aliphatic hydroxyl groups is 1. The lowest BCUT2D eigenvalue weighted by Gasteiger charge is -2.41. The van der Waals surface area contributed by atoms with Crippen LogP contribution in [0.5, 0.6) is 0 Å². The second kappa shape index (κ2) is 6.68. The topological polar surface area (TPSA) is 55.5 Å². The van der Waals surface area contributed by atoms with Gasteiger partial charge in [0, 0.05) is 0 Å². The van der Waals surface area contributed by atoms with Gasteiger partial charge < -0.3 is 13.9 Å². The largest absolute Gasteiger partial charge is 0.446 e. The minimum atomic E-state index is -1.86. The Hall–Kier alpha value is -0.653. The highest BCUT2D eigenvalue weighted by molar-refractivity contribution is 6.77. The number of hydrogen-bond acceptors (Lipinski definition) is 4. The molecule has 0 atom stereocenters. The molecule has 4 nitrogen and oxygen atoms in total. The molecule has 5 heteroatoms. The van der Waals surface area contributed by atoms with E-state index in [0.29, 0.717) is 29.1 Å². The van der Waals surface area contributed by atoms with E-state index in [0.717, 1.165) is 5.69 Å². The minimum absolute atomic E-state index is 0.166. The number of nitrogens with zero attached hydrogens (tertiary/aromatic N) is 1. The summed E-state index contributed by atoms with van der Waals surface area (Å²) in [5.74, 6) is 0.351. The van der Waals surface area contributed by atoms with Gasteiger partial charge in [0.2, 0.25) is 14.2 Å². The van der Waals surface area contributed by atoms with E-state index in [4.69, 9.17) is 13.9 Å². The first kappa shape index (κ1) is 16.4. The first-order chi connectivity index (χ1) is 8.84. The van der Waals surface area contributed by atoms with Gasteiger partial charge >= 0.3 is 0 Å². The van der Waals surface area contributed by atoms with Crippen LogP contribution in [0.25, 0.3) is 0 Å². The van der Waals surface area contributed by atoms with Crippen LogP contribution in [-0.2, 0) is 17.6 Å². The summed E-state index contributed by atoms with van der Waals surface area (Å²) in [6, 6.07) is 0. The highest BCUT2D eigenvalue weighted by Crippen LogP contribution is 2.42. The molecule has 1 rings (SSSR count). The zero-order valence-corrected chi connectivity index (χ0v) is 13.9. The van der Waals surface area contributed by atoms with Crippen LogP contribution in [0.3, 0.4) is 0 Å². The van der Waals surface area contributed by atoms with Crippen LogP contribution in [-0.4, -0.2) is 18.4 Å². The normalized spacial score (nSPS) is 12.9. The highest BCUT2D eigenvalue weighted by Gasteiger charge is 2.45. The molecule has 110 valence electrons. The van der Waals surface area contributed by atoms with Crippen molar-refractivity contribution in [3.05, 3.63) is 17.8 Å². The van der Waals surface area contributed by atoms with Gasteiger partial charge in [0.05, 0.1) is 6.61 Å². The summed E-state index contributed by atoms with van der Waals surface area (Å²) in [4.78, 5) is 4.19. The van der Waals surface area contributed by atoms with E-state index in [-0.39, 0.29) is 6.61 Å². The summed E-state index contributed by atoms with van der Waals surface area (Å²) in [5, 5.41) is 8.96. The fourth-order valence-electron chi connectivity index (χ4n) is 3.19. The summed E-state index contributed by atoms with van der Waals surface area (Å²) in [7, 11) is -1.86. The Morgan fingerprint density at radius 3 is 2.05 bits per heavy atom. The lowest BCUT2D eigenvalue weighted by molar-refractivity contribution is 0.240. The zero-order valence-electron chi connectivity index (χ0n) is 12.9. The molecule has 0 aromatic carbocycles. The first-order valence-corrected chi connectivity index (χ1v) is 9.16. The molecule has 0 radical (unpaired) electrons. The monoisotopic (exact) mass is 285 g/mol. The molecule has 1 heterocycles. The standard InChI is InChI=1S/C14H27NO3Si/c1-10(2)19(11(3)4,12(5)6)18-9-13-8-17-14(7-16)15-13/h8,10-12,16H,7,9H2,1-6H3. The maximum absolute atomic E-state index is 8.96. The van der Waals surface area contributed by atoms with Crippen LogP contribution in [0.1, 0.15) is 53.1 Å². The SMILES string of the molecule is CC(C)[Si](OCc1coc(CO)n1)(C(C)C)C(C)C. The summed E-state index contributed by atoms with van der Waals surface area (Å²) in [5.41, 5.74) is 2.42. The third-order valence-electron chi connectivity index (χ3n) is 3.91. The Bertz CT molecular complexity index is 366. The Morgan fingerprint density at radius 2 is 1.68 bits per heavy atom. The van der Waals surface area contributed by atoms with E-state index in [2.05, 4.69) is 46.5 Å². The molecule has 0 fully saturated rings. The van der Waals surface area contributed by atoms with Crippen molar-refractivity contribution in [3.8, 4) is 0 Å². The van der Waals surface area contributed by atoms with Gasteiger partial charge in [-0.3, -0.25) is 0 Å². The molecule has 0 aliphatic rings. The highest BCUT2D eigenvalue weighted by atomic mass is 28.4. The molecule has 0 aliphatic heterocycles. The predicted octanol–water partition coefficient (Wildman–Crippen LogP) is 3.86. The van der Waals surface area contributed by atoms with Crippen molar-refractivity contribution in [2.24, 2.45) is 0 Å². The third kappa shape index (κ3) is 3.46. The van der Waals surface area contributed by atoms with Crippen molar-refractivity contribution >= 4 is 8.32 Å². The quantitative estimate of drug-likeness (QED) is 0.773. The van der Waals surface area contributed by atoms with E-state index < -0.39 is 8.32 Å². The molecule has 1 aromatic heterocycles. The van der Waals surface area contributed by atoms with Gasteiger partial charge in [0.25, 0.3) is 0 Å². The molecule has 0 amide bonds. The van der Waals surface area contributed by atoms with E-state index in [1.165, 1.54) is 0 Å². The smallest absolute Gasteiger partial charge is 0.220 e. The Kier molecular flexibility index (Phi) is 5.76. The minimum Gasteiger partial charge on any atom is -0.446 e. The van der Waals surface area contributed by atoms with Crippen molar-refractivity contribution in [2.45, 2.75) is 71.4 Å². The number of hydrogen-bond donors (Lipinski definition) is 1. The lowest BCUT2D eigenvalue weighted by Crippen LogP contribution is -2.47. The zero-order chi connectivity index (χ0) is 14.6. The fourth-order valence-corrected chi connectivity index (χ4v) is 8.58. The number of aliphatic hydroxyl groups excluding tert-OH is 1. The van der Waals surface area contributed by atoms with Crippen molar-refractivity contribution in [1.29, 1.82) is 0 Å². The maximum Gasteiger partial charge on any atom is 0.220 e. The van der Waals surface area contributed by atoms with Crippen molar-refractivity contribution in [3.63, 3.8) is 0 Å². The van der Waals surface area contributed by atoms with Crippen LogP contribution >= 0.6 is 0 Å². The Labute approximate surface area is 117 Å². The molecule has 0 unspecified atom stereocenters. The maximum atomic E-state index is 8.96. The third-order valence-corrected chi connectivity index (χ3v) is 9.97. The molecule has 0 spiro atoms. The average Bonchev–Trinajstić information content (AvgIpc) is 2.76. The first-order valence-electron chi connectivity index (χ1n) is 7.02. The molecule has 0 saturated heterocycles. The Morgan fingerprint density at radius 1 is 1.16 bits per heavy atom. The molecular formula is C14H27NO3Si. The number of rotatable bonds is 7.